The van der Waals surface area contributed by atoms with Gasteiger partial charge in [0.1, 0.15) is 0 Å². The maximum absolute atomic E-state index is 12.3. The molecule has 0 aliphatic heterocycles. The molecule has 0 fully saturated rings. The number of aryl methyl sites for hydroxylation is 1. The Hall–Kier alpha value is -2.54. The minimum atomic E-state index is -0.0668. The first-order valence-electron chi connectivity index (χ1n) is 9.05. The molecule has 0 saturated heterocycles. The fourth-order valence-corrected chi connectivity index (χ4v) is 3.41. The van der Waals surface area contributed by atoms with Gasteiger partial charge in [0.2, 0.25) is 5.91 Å². The number of hydrogen-bond donors (Lipinski definition) is 1. The highest BCUT2D eigenvalue weighted by Gasteiger charge is 2.18. The van der Waals surface area contributed by atoms with Crippen molar-refractivity contribution in [3.8, 4) is 11.6 Å². The van der Waals surface area contributed by atoms with Gasteiger partial charge in [0.05, 0.1) is 12.0 Å². The van der Waals surface area contributed by atoms with Crippen LogP contribution in [0.3, 0.4) is 0 Å². The van der Waals surface area contributed by atoms with E-state index in [0.29, 0.717) is 22.7 Å². The normalized spacial score (nSPS) is 11.1. The number of benzene rings is 1. The van der Waals surface area contributed by atoms with Crippen molar-refractivity contribution >= 4 is 23.4 Å². The van der Waals surface area contributed by atoms with E-state index in [1.54, 1.807) is 6.26 Å². The van der Waals surface area contributed by atoms with Crippen LogP contribution in [-0.4, -0.2) is 26.4 Å². The monoisotopic (exact) mass is 384 g/mol. The molecule has 0 bridgehead atoms. The predicted octanol–water partition coefficient (Wildman–Crippen LogP) is 4.49. The van der Waals surface area contributed by atoms with Crippen LogP contribution in [0.25, 0.3) is 11.6 Å². The van der Waals surface area contributed by atoms with Crippen LogP contribution in [0.4, 0.5) is 5.69 Å². The molecule has 0 saturated carbocycles. The zero-order valence-electron chi connectivity index (χ0n) is 15.8. The van der Waals surface area contributed by atoms with E-state index in [0.717, 1.165) is 18.7 Å². The second-order valence-corrected chi connectivity index (χ2v) is 7.62. The van der Waals surface area contributed by atoms with Gasteiger partial charge in [-0.2, -0.15) is 0 Å². The standard InChI is InChI=1S/C20H24N4O2S/c1-4-15-7-9-16(10-8-15)21-18(25)13-27-20-23-22-19(17-6-5-11-26-17)24(20)12-14(2)3/h5-11,14H,4,12-13H2,1-3H3,(H,21,25). The van der Waals surface area contributed by atoms with Crippen LogP contribution in [0, 0.1) is 5.92 Å². The first-order chi connectivity index (χ1) is 13.1. The summed E-state index contributed by atoms with van der Waals surface area (Å²) in [6.07, 6.45) is 2.60. The van der Waals surface area contributed by atoms with Gasteiger partial charge in [-0.3, -0.25) is 9.36 Å². The predicted molar refractivity (Wildman–Crippen MR) is 108 cm³/mol. The zero-order chi connectivity index (χ0) is 19.2. The maximum Gasteiger partial charge on any atom is 0.234 e. The highest BCUT2D eigenvalue weighted by Crippen LogP contribution is 2.25. The van der Waals surface area contributed by atoms with Crippen molar-refractivity contribution in [1.82, 2.24) is 14.8 Å². The topological polar surface area (TPSA) is 73.0 Å². The average molecular weight is 385 g/mol. The molecule has 3 aromatic rings. The minimum Gasteiger partial charge on any atom is -0.461 e. The van der Waals surface area contributed by atoms with Gasteiger partial charge >= 0.3 is 0 Å². The molecule has 2 aromatic heterocycles. The second-order valence-electron chi connectivity index (χ2n) is 6.68. The lowest BCUT2D eigenvalue weighted by molar-refractivity contribution is -0.113. The molecular weight excluding hydrogens is 360 g/mol. The van der Waals surface area contributed by atoms with E-state index >= 15 is 0 Å². The highest BCUT2D eigenvalue weighted by molar-refractivity contribution is 7.99. The summed E-state index contributed by atoms with van der Waals surface area (Å²) in [5.74, 6) is 1.98. The third-order valence-corrected chi connectivity index (χ3v) is 4.95. The number of carbonyl (C=O) groups is 1. The highest BCUT2D eigenvalue weighted by atomic mass is 32.2. The number of carbonyl (C=O) groups excluding carboxylic acids is 1. The van der Waals surface area contributed by atoms with E-state index < -0.39 is 0 Å². The zero-order valence-corrected chi connectivity index (χ0v) is 16.6. The van der Waals surface area contributed by atoms with Gasteiger partial charge in [-0.15, -0.1) is 10.2 Å². The Morgan fingerprint density at radius 1 is 1.22 bits per heavy atom. The number of rotatable bonds is 8. The van der Waals surface area contributed by atoms with E-state index in [4.69, 9.17) is 4.42 Å². The van der Waals surface area contributed by atoms with Gasteiger partial charge in [-0.25, -0.2) is 0 Å². The van der Waals surface area contributed by atoms with E-state index in [1.807, 2.05) is 41.0 Å². The van der Waals surface area contributed by atoms with Crippen molar-refractivity contribution in [3.05, 3.63) is 48.2 Å². The molecule has 1 aromatic carbocycles. The molecule has 27 heavy (non-hydrogen) atoms. The number of amides is 1. The quantitative estimate of drug-likeness (QED) is 0.579. The summed E-state index contributed by atoms with van der Waals surface area (Å²) in [5, 5.41) is 12.2. The molecule has 0 radical (unpaired) electrons. The Labute approximate surface area is 163 Å². The number of nitrogens with zero attached hydrogens (tertiary/aromatic N) is 3. The van der Waals surface area contributed by atoms with E-state index in [2.05, 4.69) is 36.3 Å². The van der Waals surface area contributed by atoms with Crippen LogP contribution in [0.15, 0.2) is 52.2 Å². The van der Waals surface area contributed by atoms with E-state index in [1.165, 1.54) is 17.3 Å². The molecule has 0 spiro atoms. The van der Waals surface area contributed by atoms with Crippen LogP contribution in [0.1, 0.15) is 26.3 Å². The maximum atomic E-state index is 12.3. The average Bonchev–Trinajstić information content (AvgIpc) is 3.30. The van der Waals surface area contributed by atoms with Gasteiger partial charge in [0, 0.05) is 12.2 Å². The third-order valence-electron chi connectivity index (χ3n) is 3.98. The molecule has 3 rings (SSSR count). The van der Waals surface area contributed by atoms with Gasteiger partial charge in [-0.1, -0.05) is 44.7 Å². The number of nitrogens with one attached hydrogen (secondary N) is 1. The fraction of sp³-hybridized carbons (Fsp3) is 0.350. The van der Waals surface area contributed by atoms with Crippen molar-refractivity contribution in [3.63, 3.8) is 0 Å². The van der Waals surface area contributed by atoms with Crippen molar-refractivity contribution in [2.75, 3.05) is 11.1 Å². The van der Waals surface area contributed by atoms with Gasteiger partial charge < -0.3 is 9.73 Å². The van der Waals surface area contributed by atoms with Gasteiger partial charge in [0.25, 0.3) is 0 Å². The van der Waals surface area contributed by atoms with Crippen molar-refractivity contribution in [2.45, 2.75) is 38.9 Å². The molecule has 7 heteroatoms. The Balaban J connectivity index is 1.66. The summed E-state index contributed by atoms with van der Waals surface area (Å²) in [5.41, 5.74) is 2.05. The minimum absolute atomic E-state index is 0.0668. The fourth-order valence-electron chi connectivity index (χ4n) is 2.66. The third kappa shape index (κ3) is 5.01. The first kappa shape index (κ1) is 19.2. The summed E-state index contributed by atoms with van der Waals surface area (Å²) in [6.45, 7) is 7.13. The summed E-state index contributed by atoms with van der Waals surface area (Å²) >= 11 is 1.38. The van der Waals surface area contributed by atoms with E-state index in [9.17, 15) is 4.79 Å². The molecule has 0 aliphatic carbocycles. The lowest BCUT2D eigenvalue weighted by Crippen LogP contribution is -2.15. The van der Waals surface area contributed by atoms with Crippen LogP contribution in [0.5, 0.6) is 0 Å². The smallest absolute Gasteiger partial charge is 0.234 e. The molecule has 0 unspecified atom stereocenters. The molecule has 1 amide bonds. The second kappa shape index (κ2) is 8.90. The molecule has 1 N–H and O–H groups in total. The molecule has 2 heterocycles. The van der Waals surface area contributed by atoms with Crippen molar-refractivity contribution in [1.29, 1.82) is 0 Å². The summed E-state index contributed by atoms with van der Waals surface area (Å²) in [6, 6.07) is 11.6. The summed E-state index contributed by atoms with van der Waals surface area (Å²) in [7, 11) is 0. The number of anilines is 1. The van der Waals surface area contributed by atoms with Crippen LogP contribution in [0.2, 0.25) is 0 Å². The molecular formula is C20H24N4O2S. The largest absolute Gasteiger partial charge is 0.461 e. The summed E-state index contributed by atoms with van der Waals surface area (Å²) in [4.78, 5) is 12.3. The van der Waals surface area contributed by atoms with Gasteiger partial charge in [0.15, 0.2) is 16.7 Å². The van der Waals surface area contributed by atoms with Gasteiger partial charge in [-0.05, 0) is 42.2 Å². The van der Waals surface area contributed by atoms with Crippen LogP contribution >= 0.6 is 11.8 Å². The Morgan fingerprint density at radius 2 is 2.00 bits per heavy atom. The lowest BCUT2D eigenvalue weighted by atomic mass is 10.1. The SMILES string of the molecule is CCc1ccc(NC(=O)CSc2nnc(-c3ccco3)n2CC(C)C)cc1. The Kier molecular flexibility index (Phi) is 6.34. The number of thioether (sulfide) groups is 1. The molecule has 142 valence electrons. The molecule has 6 nitrogen and oxygen atoms in total. The first-order valence-corrected chi connectivity index (χ1v) is 10.0. The molecule has 0 atom stereocenters. The number of hydrogen-bond acceptors (Lipinski definition) is 5. The molecule has 0 aliphatic rings. The van der Waals surface area contributed by atoms with Crippen molar-refractivity contribution in [2.24, 2.45) is 5.92 Å². The van der Waals surface area contributed by atoms with E-state index in [-0.39, 0.29) is 11.7 Å². The van der Waals surface area contributed by atoms with Crippen LogP contribution in [-0.2, 0) is 17.8 Å². The Morgan fingerprint density at radius 3 is 2.63 bits per heavy atom. The van der Waals surface area contributed by atoms with Crippen LogP contribution < -0.4 is 5.32 Å². The lowest BCUT2D eigenvalue weighted by Gasteiger charge is -2.11. The Bertz CT molecular complexity index is 870. The summed E-state index contributed by atoms with van der Waals surface area (Å²) < 4.78 is 7.48. The number of aromatic nitrogens is 3. The van der Waals surface area contributed by atoms with Crippen molar-refractivity contribution < 1.29 is 9.21 Å². The number of furan rings is 1.